The van der Waals surface area contributed by atoms with E-state index in [0.29, 0.717) is 12.1 Å². The Bertz CT molecular complexity index is 602. The SMILES string of the molecule is CCCC(C)N1CC(C(=O)N[C@@H](C(=O)O)c2ccccc2)CC1=O. The maximum absolute atomic E-state index is 12.5. The molecule has 0 spiro atoms. The highest BCUT2D eigenvalue weighted by molar-refractivity contribution is 5.91. The third-order valence-corrected chi connectivity index (χ3v) is 4.43. The van der Waals surface area contributed by atoms with Crippen LogP contribution >= 0.6 is 0 Å². The van der Waals surface area contributed by atoms with Gasteiger partial charge in [-0.15, -0.1) is 0 Å². The van der Waals surface area contributed by atoms with Crippen LogP contribution in [-0.4, -0.2) is 40.4 Å². The molecule has 6 nitrogen and oxygen atoms in total. The zero-order valence-corrected chi connectivity index (χ0v) is 14.1. The van der Waals surface area contributed by atoms with Crippen molar-refractivity contribution in [2.75, 3.05) is 6.54 Å². The van der Waals surface area contributed by atoms with E-state index in [1.54, 1.807) is 35.2 Å². The second kappa shape index (κ2) is 7.95. The van der Waals surface area contributed by atoms with E-state index in [1.165, 1.54) is 0 Å². The van der Waals surface area contributed by atoms with Crippen molar-refractivity contribution in [1.82, 2.24) is 10.2 Å². The van der Waals surface area contributed by atoms with Crippen LogP contribution in [0.5, 0.6) is 0 Å². The standard InChI is InChI=1S/C18H24N2O4/c1-3-7-12(2)20-11-14(10-15(20)21)17(22)19-16(18(23)24)13-8-5-4-6-9-13/h4-6,8-9,12,14,16H,3,7,10-11H2,1-2H3,(H,19,22)(H,23,24)/t12?,14?,16-/m1/s1. The second-order valence-electron chi connectivity index (χ2n) is 6.28. The number of carboxylic acids is 1. The molecule has 130 valence electrons. The van der Waals surface area contributed by atoms with Gasteiger partial charge < -0.3 is 15.3 Å². The van der Waals surface area contributed by atoms with Gasteiger partial charge in [0, 0.05) is 19.0 Å². The number of carbonyl (C=O) groups excluding carboxylic acids is 2. The molecule has 24 heavy (non-hydrogen) atoms. The second-order valence-corrected chi connectivity index (χ2v) is 6.28. The smallest absolute Gasteiger partial charge is 0.330 e. The molecule has 0 saturated carbocycles. The van der Waals surface area contributed by atoms with Gasteiger partial charge in [0.05, 0.1) is 5.92 Å². The molecule has 1 heterocycles. The van der Waals surface area contributed by atoms with Crippen LogP contribution in [0.2, 0.25) is 0 Å². The topological polar surface area (TPSA) is 86.7 Å². The number of hydrogen-bond acceptors (Lipinski definition) is 3. The van der Waals surface area contributed by atoms with Crippen molar-refractivity contribution in [1.29, 1.82) is 0 Å². The molecule has 3 atom stereocenters. The van der Waals surface area contributed by atoms with Crippen molar-refractivity contribution in [3.8, 4) is 0 Å². The fraction of sp³-hybridized carbons (Fsp3) is 0.500. The van der Waals surface area contributed by atoms with Gasteiger partial charge in [-0.2, -0.15) is 0 Å². The first kappa shape index (κ1) is 18.0. The van der Waals surface area contributed by atoms with Crippen molar-refractivity contribution >= 4 is 17.8 Å². The number of carbonyl (C=O) groups is 3. The third-order valence-electron chi connectivity index (χ3n) is 4.43. The average Bonchev–Trinajstić information content (AvgIpc) is 2.95. The van der Waals surface area contributed by atoms with Crippen LogP contribution in [-0.2, 0) is 14.4 Å². The van der Waals surface area contributed by atoms with Crippen LogP contribution in [0.15, 0.2) is 30.3 Å². The van der Waals surface area contributed by atoms with Gasteiger partial charge in [0.15, 0.2) is 6.04 Å². The summed E-state index contributed by atoms with van der Waals surface area (Å²) in [5, 5.41) is 12.0. The molecule has 2 rings (SSSR count). The highest BCUT2D eigenvalue weighted by atomic mass is 16.4. The summed E-state index contributed by atoms with van der Waals surface area (Å²) >= 11 is 0. The number of rotatable bonds is 7. The summed E-state index contributed by atoms with van der Waals surface area (Å²) in [4.78, 5) is 37.8. The molecule has 1 aliphatic rings. The summed E-state index contributed by atoms with van der Waals surface area (Å²) in [6, 6.07) is 7.56. The molecule has 1 saturated heterocycles. The van der Waals surface area contributed by atoms with E-state index in [1.807, 2.05) is 6.92 Å². The number of likely N-dealkylation sites (tertiary alicyclic amines) is 1. The molecule has 2 amide bonds. The van der Waals surface area contributed by atoms with Gasteiger partial charge in [-0.3, -0.25) is 9.59 Å². The molecular weight excluding hydrogens is 308 g/mol. The van der Waals surface area contributed by atoms with E-state index in [2.05, 4.69) is 12.2 Å². The van der Waals surface area contributed by atoms with Crippen molar-refractivity contribution in [2.24, 2.45) is 5.92 Å². The largest absolute Gasteiger partial charge is 0.479 e. The monoisotopic (exact) mass is 332 g/mol. The van der Waals surface area contributed by atoms with Crippen LogP contribution < -0.4 is 5.32 Å². The van der Waals surface area contributed by atoms with Crippen LogP contribution in [0.3, 0.4) is 0 Å². The van der Waals surface area contributed by atoms with Crippen LogP contribution in [0.4, 0.5) is 0 Å². The Labute approximate surface area is 141 Å². The van der Waals surface area contributed by atoms with Crippen LogP contribution in [0, 0.1) is 5.92 Å². The van der Waals surface area contributed by atoms with Gasteiger partial charge in [-0.25, -0.2) is 4.79 Å². The summed E-state index contributed by atoms with van der Waals surface area (Å²) in [6.07, 6.45) is 2.00. The van der Waals surface area contributed by atoms with Crippen LogP contribution in [0.25, 0.3) is 0 Å². The van der Waals surface area contributed by atoms with Gasteiger partial charge in [-0.1, -0.05) is 43.7 Å². The van der Waals surface area contributed by atoms with E-state index in [4.69, 9.17) is 0 Å². The fourth-order valence-corrected chi connectivity index (χ4v) is 3.10. The van der Waals surface area contributed by atoms with E-state index in [0.717, 1.165) is 12.8 Å². The average molecular weight is 332 g/mol. The van der Waals surface area contributed by atoms with E-state index in [9.17, 15) is 19.5 Å². The highest BCUT2D eigenvalue weighted by Crippen LogP contribution is 2.23. The Morgan fingerprint density at radius 3 is 2.58 bits per heavy atom. The predicted molar refractivity (Wildman–Crippen MR) is 89.2 cm³/mol. The lowest BCUT2D eigenvalue weighted by atomic mass is 10.0. The van der Waals surface area contributed by atoms with Crippen LogP contribution in [0.1, 0.15) is 44.7 Å². The first-order valence-electron chi connectivity index (χ1n) is 8.31. The highest BCUT2D eigenvalue weighted by Gasteiger charge is 2.37. The molecule has 1 aromatic carbocycles. The molecule has 1 aromatic rings. The Kier molecular flexibility index (Phi) is 5.95. The molecule has 0 bridgehead atoms. The van der Waals surface area contributed by atoms with Crippen molar-refractivity contribution in [2.45, 2.75) is 45.2 Å². The zero-order valence-electron chi connectivity index (χ0n) is 14.1. The van der Waals surface area contributed by atoms with Gasteiger partial charge >= 0.3 is 5.97 Å². The molecule has 0 aromatic heterocycles. The zero-order chi connectivity index (χ0) is 17.7. The maximum Gasteiger partial charge on any atom is 0.330 e. The minimum absolute atomic E-state index is 0.0392. The minimum atomic E-state index is -1.12. The summed E-state index contributed by atoms with van der Waals surface area (Å²) in [7, 11) is 0. The number of aliphatic carboxylic acids is 1. The lowest BCUT2D eigenvalue weighted by Gasteiger charge is -2.24. The molecule has 0 radical (unpaired) electrons. The molecule has 0 aliphatic carbocycles. The predicted octanol–water partition coefficient (Wildman–Crippen LogP) is 1.97. The van der Waals surface area contributed by atoms with E-state index in [-0.39, 0.29) is 24.3 Å². The molecule has 1 fully saturated rings. The lowest BCUT2D eigenvalue weighted by Crippen LogP contribution is -2.39. The van der Waals surface area contributed by atoms with E-state index < -0.39 is 17.9 Å². The molecule has 6 heteroatoms. The van der Waals surface area contributed by atoms with E-state index >= 15 is 0 Å². The Hall–Kier alpha value is -2.37. The number of nitrogens with one attached hydrogen (secondary N) is 1. The van der Waals surface area contributed by atoms with Gasteiger partial charge in [0.25, 0.3) is 0 Å². The number of carboxylic acid groups (broad SMARTS) is 1. The van der Waals surface area contributed by atoms with Crippen molar-refractivity contribution < 1.29 is 19.5 Å². The minimum Gasteiger partial charge on any atom is -0.479 e. The summed E-state index contributed by atoms with van der Waals surface area (Å²) in [6.45, 7) is 4.39. The quantitative estimate of drug-likeness (QED) is 0.799. The van der Waals surface area contributed by atoms with Crippen molar-refractivity contribution in [3.63, 3.8) is 0 Å². The summed E-state index contributed by atoms with van der Waals surface area (Å²) < 4.78 is 0. The van der Waals surface area contributed by atoms with Gasteiger partial charge in [0.2, 0.25) is 11.8 Å². The summed E-state index contributed by atoms with van der Waals surface area (Å²) in [5.74, 6) is -2.04. The number of hydrogen-bond donors (Lipinski definition) is 2. The Morgan fingerprint density at radius 2 is 2.00 bits per heavy atom. The Morgan fingerprint density at radius 1 is 1.33 bits per heavy atom. The first-order valence-corrected chi connectivity index (χ1v) is 8.31. The molecule has 2 unspecified atom stereocenters. The van der Waals surface area contributed by atoms with Gasteiger partial charge in [-0.05, 0) is 18.9 Å². The first-order chi connectivity index (χ1) is 11.4. The molecule has 1 aliphatic heterocycles. The molecule has 2 N–H and O–H groups in total. The number of amides is 2. The summed E-state index contributed by atoms with van der Waals surface area (Å²) in [5.41, 5.74) is 0.513. The lowest BCUT2D eigenvalue weighted by molar-refractivity contribution is -0.142. The number of nitrogens with zero attached hydrogens (tertiary/aromatic N) is 1. The maximum atomic E-state index is 12.5. The van der Waals surface area contributed by atoms with Gasteiger partial charge in [0.1, 0.15) is 0 Å². The normalized spacial score (nSPS) is 19.8. The third kappa shape index (κ3) is 4.13. The molecular formula is C18H24N2O4. The Balaban J connectivity index is 2.04. The fourth-order valence-electron chi connectivity index (χ4n) is 3.10. The van der Waals surface area contributed by atoms with Crippen molar-refractivity contribution in [3.05, 3.63) is 35.9 Å². The number of benzene rings is 1.